The molecule has 1 atom stereocenters. The summed E-state index contributed by atoms with van der Waals surface area (Å²) in [5.74, 6) is -0.315. The van der Waals surface area contributed by atoms with Crippen LogP contribution in [0.25, 0.3) is 0 Å². The van der Waals surface area contributed by atoms with Gasteiger partial charge in [0.05, 0.1) is 30.0 Å². The van der Waals surface area contributed by atoms with Gasteiger partial charge in [0.1, 0.15) is 11.9 Å². The molecule has 146 valence electrons. The predicted octanol–water partition coefficient (Wildman–Crippen LogP) is 1.81. The van der Waals surface area contributed by atoms with Crippen molar-refractivity contribution >= 4 is 5.91 Å². The smallest absolute Gasteiger partial charge is 0.227 e. The highest BCUT2D eigenvalue weighted by Crippen LogP contribution is 2.23. The number of benzene rings is 1. The van der Waals surface area contributed by atoms with Crippen LogP contribution in [0.5, 0.6) is 0 Å². The minimum atomic E-state index is -0.865. The lowest BCUT2D eigenvalue weighted by Gasteiger charge is -2.20. The van der Waals surface area contributed by atoms with Crippen LogP contribution < -0.4 is 0 Å². The van der Waals surface area contributed by atoms with Crippen LogP contribution in [0.1, 0.15) is 35.2 Å². The van der Waals surface area contributed by atoms with Crippen molar-refractivity contribution in [3.63, 3.8) is 0 Å². The molecule has 0 saturated carbocycles. The Morgan fingerprint density at radius 1 is 1.25 bits per heavy atom. The van der Waals surface area contributed by atoms with Crippen molar-refractivity contribution in [1.29, 1.82) is 0 Å². The average Bonchev–Trinajstić information content (AvgIpc) is 3.23. The Labute approximate surface area is 162 Å². The Morgan fingerprint density at radius 2 is 2.04 bits per heavy atom. The van der Waals surface area contributed by atoms with Crippen molar-refractivity contribution in [2.45, 2.75) is 32.0 Å². The van der Waals surface area contributed by atoms with Gasteiger partial charge in [0.15, 0.2) is 0 Å². The number of aryl methyl sites for hydroxylation is 2. The maximum atomic E-state index is 13.1. The predicted molar refractivity (Wildman–Crippen MR) is 99.6 cm³/mol. The first-order valence-corrected chi connectivity index (χ1v) is 9.26. The van der Waals surface area contributed by atoms with E-state index in [4.69, 9.17) is 0 Å². The summed E-state index contributed by atoms with van der Waals surface area (Å²) in [4.78, 5) is 14.5. The zero-order chi connectivity index (χ0) is 19.7. The number of aliphatic hydroxyl groups excluding tert-OH is 1. The molecule has 0 bridgehead atoms. The lowest BCUT2D eigenvalue weighted by atomic mass is 10.1. The van der Waals surface area contributed by atoms with Gasteiger partial charge in [-0.15, -0.1) is 0 Å². The first kappa shape index (κ1) is 18.4. The zero-order valence-electron chi connectivity index (χ0n) is 15.6. The average molecular weight is 383 g/mol. The third-order valence-corrected chi connectivity index (χ3v) is 5.07. The molecule has 1 amide bonds. The van der Waals surface area contributed by atoms with Gasteiger partial charge in [-0.3, -0.25) is 14.2 Å². The van der Waals surface area contributed by atoms with Gasteiger partial charge in [0.25, 0.3) is 0 Å². The molecule has 3 aromatic rings. The minimum Gasteiger partial charge on any atom is -0.380 e. The minimum absolute atomic E-state index is 0.00464. The van der Waals surface area contributed by atoms with Crippen molar-refractivity contribution in [3.8, 4) is 0 Å². The van der Waals surface area contributed by atoms with E-state index in [0.29, 0.717) is 31.0 Å². The van der Waals surface area contributed by atoms with E-state index in [0.717, 1.165) is 17.7 Å². The molecule has 2 aromatic heterocycles. The number of aromatic nitrogens is 4. The van der Waals surface area contributed by atoms with Gasteiger partial charge in [-0.05, 0) is 36.2 Å². The molecule has 28 heavy (non-hydrogen) atoms. The standard InChI is InChI=1S/C20H22FN5O2/c1-24-18(7-8-22-24)20(28)17-12-16-13-25(9-2-10-26(16)23-17)19(27)11-14-3-5-15(21)6-4-14/h3-8,12,20,28H,2,9-11,13H2,1H3/t20-/m0/s1. The van der Waals surface area contributed by atoms with Crippen LogP contribution in [0.15, 0.2) is 42.6 Å². The van der Waals surface area contributed by atoms with Crippen molar-refractivity contribution in [3.05, 3.63) is 71.1 Å². The van der Waals surface area contributed by atoms with Gasteiger partial charge in [-0.25, -0.2) is 4.39 Å². The van der Waals surface area contributed by atoms with E-state index in [1.54, 1.807) is 41.0 Å². The highest BCUT2D eigenvalue weighted by atomic mass is 19.1. The van der Waals surface area contributed by atoms with Gasteiger partial charge >= 0.3 is 0 Å². The number of aliphatic hydroxyl groups is 1. The summed E-state index contributed by atoms with van der Waals surface area (Å²) in [6.07, 6.45) is 1.79. The Hall–Kier alpha value is -3.00. The number of nitrogens with zero attached hydrogens (tertiary/aromatic N) is 5. The van der Waals surface area contributed by atoms with Crippen LogP contribution in [-0.2, 0) is 31.4 Å². The van der Waals surface area contributed by atoms with E-state index >= 15 is 0 Å². The van der Waals surface area contributed by atoms with Crippen LogP contribution in [0.2, 0.25) is 0 Å². The van der Waals surface area contributed by atoms with E-state index in [1.165, 1.54) is 12.1 Å². The molecule has 1 aromatic carbocycles. The molecule has 0 saturated heterocycles. The number of carbonyl (C=O) groups excluding carboxylic acids is 1. The highest BCUT2D eigenvalue weighted by Gasteiger charge is 2.24. The molecule has 1 aliphatic heterocycles. The number of hydrogen-bond donors (Lipinski definition) is 1. The summed E-state index contributed by atoms with van der Waals surface area (Å²) >= 11 is 0. The number of fused-ring (bicyclic) bond motifs is 1. The number of hydrogen-bond acceptors (Lipinski definition) is 4. The van der Waals surface area contributed by atoms with E-state index in [2.05, 4.69) is 10.2 Å². The van der Waals surface area contributed by atoms with Crippen LogP contribution in [-0.4, -0.2) is 42.0 Å². The topological polar surface area (TPSA) is 76.2 Å². The normalized spacial score (nSPS) is 15.2. The number of halogens is 1. The van der Waals surface area contributed by atoms with Crippen molar-refractivity contribution in [2.24, 2.45) is 7.05 Å². The summed E-state index contributed by atoms with van der Waals surface area (Å²) in [5.41, 5.74) is 2.89. The van der Waals surface area contributed by atoms with Gasteiger partial charge < -0.3 is 10.0 Å². The fraction of sp³-hybridized carbons (Fsp3) is 0.350. The van der Waals surface area contributed by atoms with Gasteiger partial charge in [-0.2, -0.15) is 10.2 Å². The number of amides is 1. The molecular formula is C20H22FN5O2. The molecule has 8 heteroatoms. The van der Waals surface area contributed by atoms with Crippen molar-refractivity contribution in [2.75, 3.05) is 6.54 Å². The third-order valence-electron chi connectivity index (χ3n) is 5.07. The summed E-state index contributed by atoms with van der Waals surface area (Å²) < 4.78 is 16.5. The molecule has 1 aliphatic rings. The van der Waals surface area contributed by atoms with Crippen molar-refractivity contribution < 1.29 is 14.3 Å². The quantitative estimate of drug-likeness (QED) is 0.746. The summed E-state index contributed by atoms with van der Waals surface area (Å²) in [6.45, 7) is 1.77. The molecule has 0 unspecified atom stereocenters. The molecular weight excluding hydrogens is 361 g/mol. The Balaban J connectivity index is 1.50. The van der Waals surface area contributed by atoms with E-state index < -0.39 is 6.10 Å². The molecule has 0 radical (unpaired) electrons. The fourth-order valence-corrected chi connectivity index (χ4v) is 3.52. The molecule has 0 fully saturated rings. The van der Waals surface area contributed by atoms with E-state index in [9.17, 15) is 14.3 Å². The van der Waals surface area contributed by atoms with Crippen molar-refractivity contribution in [1.82, 2.24) is 24.5 Å². The molecule has 0 spiro atoms. The summed E-state index contributed by atoms with van der Waals surface area (Å²) in [6, 6.07) is 9.61. The fourth-order valence-electron chi connectivity index (χ4n) is 3.52. The van der Waals surface area contributed by atoms with Gasteiger partial charge in [-0.1, -0.05) is 12.1 Å². The molecule has 0 aliphatic carbocycles. The zero-order valence-corrected chi connectivity index (χ0v) is 15.6. The third kappa shape index (κ3) is 3.68. The second kappa shape index (κ2) is 7.55. The van der Waals surface area contributed by atoms with E-state index in [-0.39, 0.29) is 18.1 Å². The number of carbonyl (C=O) groups is 1. The maximum Gasteiger partial charge on any atom is 0.227 e. The van der Waals surface area contributed by atoms with Gasteiger partial charge in [0, 0.05) is 26.3 Å². The highest BCUT2D eigenvalue weighted by molar-refractivity contribution is 5.78. The SMILES string of the molecule is Cn1nccc1[C@@H](O)c1cc2n(n1)CCCN(C(=O)Cc1ccc(F)cc1)C2. The summed E-state index contributed by atoms with van der Waals surface area (Å²) in [5, 5.41) is 19.3. The second-order valence-electron chi connectivity index (χ2n) is 7.04. The largest absolute Gasteiger partial charge is 0.380 e. The van der Waals surface area contributed by atoms with Crippen LogP contribution >= 0.6 is 0 Å². The first-order valence-electron chi connectivity index (χ1n) is 9.26. The van der Waals surface area contributed by atoms with E-state index in [1.807, 2.05) is 10.7 Å². The Morgan fingerprint density at radius 3 is 2.75 bits per heavy atom. The monoisotopic (exact) mass is 383 g/mol. The van der Waals surface area contributed by atoms with Crippen LogP contribution in [0.4, 0.5) is 4.39 Å². The maximum absolute atomic E-state index is 13.1. The lowest BCUT2D eigenvalue weighted by molar-refractivity contribution is -0.131. The van der Waals surface area contributed by atoms with Crippen LogP contribution in [0, 0.1) is 5.82 Å². The van der Waals surface area contributed by atoms with Crippen LogP contribution in [0.3, 0.4) is 0 Å². The lowest BCUT2D eigenvalue weighted by Crippen LogP contribution is -2.32. The molecule has 1 N–H and O–H groups in total. The van der Waals surface area contributed by atoms with Gasteiger partial charge in [0.2, 0.25) is 5.91 Å². The molecule has 7 nitrogen and oxygen atoms in total. The summed E-state index contributed by atoms with van der Waals surface area (Å²) in [7, 11) is 1.77. The number of rotatable bonds is 4. The Kier molecular flexibility index (Phi) is 4.95. The Bertz CT molecular complexity index is 979. The second-order valence-corrected chi connectivity index (χ2v) is 7.04. The molecule has 3 heterocycles. The molecule has 4 rings (SSSR count). The first-order chi connectivity index (χ1) is 13.5.